The summed E-state index contributed by atoms with van der Waals surface area (Å²) in [6.45, 7) is 1.31. The van der Waals surface area contributed by atoms with Gasteiger partial charge in [0.05, 0.1) is 18.4 Å². The summed E-state index contributed by atoms with van der Waals surface area (Å²) in [7, 11) is 1.36. The zero-order valence-corrected chi connectivity index (χ0v) is 12.6. The number of carbonyl (C=O) groups excluding carboxylic acids is 1. The molecule has 4 nitrogen and oxygen atoms in total. The number of methoxy groups -OCH3 is 1. The summed E-state index contributed by atoms with van der Waals surface area (Å²) < 4.78 is 6.37. The van der Waals surface area contributed by atoms with E-state index in [1.807, 2.05) is 6.07 Å². The van der Waals surface area contributed by atoms with Crippen molar-refractivity contribution >= 4 is 43.5 Å². The van der Waals surface area contributed by atoms with E-state index in [-0.39, 0.29) is 5.97 Å². The van der Waals surface area contributed by atoms with E-state index in [2.05, 4.69) is 37.2 Å². The van der Waals surface area contributed by atoms with Gasteiger partial charge in [-0.05, 0) is 41.0 Å². The molecule has 0 aromatic heterocycles. The first-order valence-electron chi connectivity index (χ1n) is 5.11. The summed E-state index contributed by atoms with van der Waals surface area (Å²) in [6, 6.07) is 3.60. The van der Waals surface area contributed by atoms with Crippen LogP contribution in [0.4, 0.5) is 5.69 Å². The number of esters is 1. The summed E-state index contributed by atoms with van der Waals surface area (Å²) in [5.41, 5.74) is 6.65. The van der Waals surface area contributed by atoms with Crippen LogP contribution in [0.25, 0.3) is 0 Å². The molecule has 94 valence electrons. The van der Waals surface area contributed by atoms with Gasteiger partial charge in [-0.3, -0.25) is 0 Å². The number of halogens is 2. The van der Waals surface area contributed by atoms with Crippen molar-refractivity contribution in [1.29, 1.82) is 0 Å². The van der Waals surface area contributed by atoms with E-state index in [4.69, 9.17) is 10.5 Å². The SMILES string of the molecule is COC(=O)c1cc(Br)cc(Br)c1NCCCN. The Balaban J connectivity index is 3.03. The highest BCUT2D eigenvalue weighted by Gasteiger charge is 2.15. The first-order chi connectivity index (χ1) is 8.10. The second-order valence-corrected chi connectivity index (χ2v) is 5.14. The molecular weight excluding hydrogens is 352 g/mol. The summed E-state index contributed by atoms with van der Waals surface area (Å²) in [5, 5.41) is 3.18. The molecule has 0 aliphatic carbocycles. The van der Waals surface area contributed by atoms with Crippen LogP contribution < -0.4 is 11.1 Å². The van der Waals surface area contributed by atoms with Gasteiger partial charge >= 0.3 is 5.97 Å². The summed E-state index contributed by atoms with van der Waals surface area (Å²) in [4.78, 5) is 11.6. The molecule has 0 heterocycles. The highest BCUT2D eigenvalue weighted by atomic mass is 79.9. The summed E-state index contributed by atoms with van der Waals surface area (Å²) in [5.74, 6) is -0.373. The molecule has 0 amide bonds. The van der Waals surface area contributed by atoms with Crippen molar-refractivity contribution in [2.45, 2.75) is 6.42 Å². The average molecular weight is 366 g/mol. The lowest BCUT2D eigenvalue weighted by Crippen LogP contribution is -2.12. The van der Waals surface area contributed by atoms with Gasteiger partial charge in [0.1, 0.15) is 0 Å². The first kappa shape index (κ1) is 14.5. The van der Waals surface area contributed by atoms with Gasteiger partial charge in [0.25, 0.3) is 0 Å². The van der Waals surface area contributed by atoms with Crippen LogP contribution >= 0.6 is 31.9 Å². The maximum atomic E-state index is 11.6. The van der Waals surface area contributed by atoms with Crippen molar-refractivity contribution in [1.82, 2.24) is 0 Å². The van der Waals surface area contributed by atoms with Gasteiger partial charge in [-0.15, -0.1) is 0 Å². The second-order valence-electron chi connectivity index (χ2n) is 3.37. The normalized spacial score (nSPS) is 10.1. The van der Waals surface area contributed by atoms with Crippen molar-refractivity contribution < 1.29 is 9.53 Å². The van der Waals surface area contributed by atoms with Crippen LogP contribution in [-0.2, 0) is 4.74 Å². The molecule has 0 fully saturated rings. The molecule has 1 rings (SSSR count). The quantitative estimate of drug-likeness (QED) is 0.622. The van der Waals surface area contributed by atoms with Crippen LogP contribution in [0.2, 0.25) is 0 Å². The molecule has 0 aliphatic heterocycles. The van der Waals surface area contributed by atoms with Crippen molar-refractivity contribution in [3.63, 3.8) is 0 Å². The van der Waals surface area contributed by atoms with Gasteiger partial charge in [0.2, 0.25) is 0 Å². The minimum atomic E-state index is -0.373. The first-order valence-corrected chi connectivity index (χ1v) is 6.70. The molecule has 0 unspecified atom stereocenters. The number of nitrogens with two attached hydrogens (primary N) is 1. The van der Waals surface area contributed by atoms with Gasteiger partial charge in [0.15, 0.2) is 0 Å². The maximum Gasteiger partial charge on any atom is 0.340 e. The van der Waals surface area contributed by atoms with Crippen LogP contribution in [0.3, 0.4) is 0 Å². The topological polar surface area (TPSA) is 64.3 Å². The number of hydrogen-bond donors (Lipinski definition) is 2. The molecule has 3 N–H and O–H groups in total. The predicted octanol–water partition coefficient (Wildman–Crippen LogP) is 2.76. The standard InChI is InChI=1S/C11H14Br2N2O2/c1-17-11(16)8-5-7(12)6-9(13)10(8)15-4-2-3-14/h5-6,15H,2-4,14H2,1H3. The molecule has 0 saturated heterocycles. The number of carbonyl (C=O) groups is 1. The molecule has 0 radical (unpaired) electrons. The number of nitrogens with one attached hydrogen (secondary N) is 1. The fourth-order valence-electron chi connectivity index (χ4n) is 1.34. The monoisotopic (exact) mass is 364 g/mol. The van der Waals surface area contributed by atoms with Crippen LogP contribution in [0.1, 0.15) is 16.8 Å². The summed E-state index contributed by atoms with van der Waals surface area (Å²) >= 11 is 6.76. The second kappa shape index (κ2) is 6.98. The summed E-state index contributed by atoms with van der Waals surface area (Å²) in [6.07, 6.45) is 0.836. The molecule has 0 saturated carbocycles. The lowest BCUT2D eigenvalue weighted by atomic mass is 10.1. The fraction of sp³-hybridized carbons (Fsp3) is 0.364. The van der Waals surface area contributed by atoms with Crippen molar-refractivity contribution in [2.75, 3.05) is 25.5 Å². The van der Waals surface area contributed by atoms with E-state index in [1.165, 1.54) is 7.11 Å². The predicted molar refractivity (Wildman–Crippen MR) is 75.3 cm³/mol. The smallest absolute Gasteiger partial charge is 0.340 e. The minimum Gasteiger partial charge on any atom is -0.465 e. The molecule has 0 aliphatic rings. The molecule has 1 aromatic carbocycles. The Morgan fingerprint density at radius 3 is 2.76 bits per heavy atom. The Labute approximate surface area is 117 Å². The van der Waals surface area contributed by atoms with E-state index in [9.17, 15) is 4.79 Å². The lowest BCUT2D eigenvalue weighted by molar-refractivity contribution is 0.0601. The minimum absolute atomic E-state index is 0.373. The average Bonchev–Trinajstić information content (AvgIpc) is 2.30. The van der Waals surface area contributed by atoms with E-state index in [0.717, 1.165) is 21.1 Å². The highest BCUT2D eigenvalue weighted by Crippen LogP contribution is 2.31. The Bertz CT molecular complexity index is 411. The van der Waals surface area contributed by atoms with E-state index < -0.39 is 0 Å². The van der Waals surface area contributed by atoms with Gasteiger partial charge in [0, 0.05) is 15.5 Å². The Morgan fingerprint density at radius 2 is 2.18 bits per heavy atom. The van der Waals surface area contributed by atoms with Crippen LogP contribution in [0.5, 0.6) is 0 Å². The number of anilines is 1. The number of hydrogen-bond acceptors (Lipinski definition) is 4. The highest BCUT2D eigenvalue weighted by molar-refractivity contribution is 9.11. The van der Waals surface area contributed by atoms with Gasteiger partial charge in [-0.2, -0.15) is 0 Å². The zero-order valence-electron chi connectivity index (χ0n) is 9.43. The van der Waals surface area contributed by atoms with E-state index in [1.54, 1.807) is 6.07 Å². The Hall–Kier alpha value is -0.590. The van der Waals surface area contributed by atoms with Crippen molar-refractivity contribution in [3.8, 4) is 0 Å². The third-order valence-electron chi connectivity index (χ3n) is 2.14. The molecule has 0 atom stereocenters. The molecule has 1 aromatic rings. The Kier molecular flexibility index (Phi) is 5.94. The van der Waals surface area contributed by atoms with Crippen LogP contribution in [-0.4, -0.2) is 26.2 Å². The third kappa shape index (κ3) is 3.97. The third-order valence-corrected chi connectivity index (χ3v) is 3.23. The largest absolute Gasteiger partial charge is 0.465 e. The molecule has 17 heavy (non-hydrogen) atoms. The van der Waals surface area contributed by atoms with E-state index >= 15 is 0 Å². The maximum absolute atomic E-state index is 11.6. The van der Waals surface area contributed by atoms with Gasteiger partial charge < -0.3 is 15.8 Å². The zero-order chi connectivity index (χ0) is 12.8. The van der Waals surface area contributed by atoms with Crippen LogP contribution in [0.15, 0.2) is 21.1 Å². The number of ether oxygens (including phenoxy) is 1. The van der Waals surface area contributed by atoms with Crippen LogP contribution in [0, 0.1) is 0 Å². The van der Waals surface area contributed by atoms with Crippen molar-refractivity contribution in [2.24, 2.45) is 5.73 Å². The molecule has 0 spiro atoms. The number of rotatable bonds is 5. The van der Waals surface area contributed by atoms with Gasteiger partial charge in [-0.1, -0.05) is 15.9 Å². The lowest BCUT2D eigenvalue weighted by Gasteiger charge is -2.13. The van der Waals surface area contributed by atoms with Gasteiger partial charge in [-0.25, -0.2) is 4.79 Å². The Morgan fingerprint density at radius 1 is 1.47 bits per heavy atom. The molecule has 0 bridgehead atoms. The van der Waals surface area contributed by atoms with E-state index in [0.29, 0.717) is 18.7 Å². The fourth-order valence-corrected chi connectivity index (χ4v) is 2.71. The number of benzene rings is 1. The molecule has 6 heteroatoms. The van der Waals surface area contributed by atoms with Crippen molar-refractivity contribution in [3.05, 3.63) is 26.6 Å². The molecular formula is C11H14Br2N2O2.